The average molecular weight is 393 g/mol. The second kappa shape index (κ2) is 8.55. The van der Waals surface area contributed by atoms with Gasteiger partial charge in [0.2, 0.25) is 0 Å². The van der Waals surface area contributed by atoms with Crippen molar-refractivity contribution in [2.75, 3.05) is 19.2 Å². The van der Waals surface area contributed by atoms with Crippen LogP contribution in [0.2, 0.25) is 10.0 Å². The summed E-state index contributed by atoms with van der Waals surface area (Å²) in [6.07, 6.45) is 0.948. The van der Waals surface area contributed by atoms with Crippen LogP contribution in [0.25, 0.3) is 0 Å². The van der Waals surface area contributed by atoms with E-state index in [1.807, 2.05) is 6.92 Å². The molecule has 0 radical (unpaired) electrons. The fraction of sp³-hybridized carbons (Fsp3) is 0.400. The van der Waals surface area contributed by atoms with Gasteiger partial charge in [-0.2, -0.15) is 5.10 Å². The smallest absolute Gasteiger partial charge is 0.417 e. The van der Waals surface area contributed by atoms with Crippen LogP contribution in [0.1, 0.15) is 25.3 Å². The second-order valence-electron chi connectivity index (χ2n) is 5.06. The first-order valence-corrected chi connectivity index (χ1v) is 8.61. The van der Waals surface area contributed by atoms with Crippen molar-refractivity contribution in [3.63, 3.8) is 0 Å². The topological polar surface area (TPSA) is 62.2 Å². The zero-order chi connectivity index (χ0) is 17.7. The molecular formula is C15H16Cl3N3O3. The van der Waals surface area contributed by atoms with Crippen LogP contribution >= 0.6 is 34.8 Å². The highest BCUT2D eigenvalue weighted by Gasteiger charge is 2.32. The molecule has 2 rings (SSSR count). The van der Waals surface area contributed by atoms with E-state index in [4.69, 9.17) is 39.5 Å². The van der Waals surface area contributed by atoms with Crippen LogP contribution in [0.15, 0.2) is 23.3 Å². The van der Waals surface area contributed by atoms with Gasteiger partial charge in [0, 0.05) is 22.2 Å². The minimum absolute atomic E-state index is 0.192. The van der Waals surface area contributed by atoms with Gasteiger partial charge in [-0.3, -0.25) is 9.69 Å². The Hall–Kier alpha value is -1.50. The van der Waals surface area contributed by atoms with Crippen LogP contribution in [0.3, 0.4) is 0 Å². The monoisotopic (exact) mass is 391 g/mol. The third kappa shape index (κ3) is 4.53. The Kier molecular flexibility index (Phi) is 6.71. The number of carbonyl (C=O) groups excluding carboxylic acids is 2. The molecule has 1 aliphatic rings. The zero-order valence-electron chi connectivity index (χ0n) is 13.0. The van der Waals surface area contributed by atoms with Gasteiger partial charge in [-0.05, 0) is 24.6 Å². The molecule has 130 valence electrons. The molecule has 1 heterocycles. The Morgan fingerprint density at radius 2 is 1.96 bits per heavy atom. The predicted octanol–water partition coefficient (Wildman–Crippen LogP) is 3.93. The maximum Gasteiger partial charge on any atom is 0.417 e. The molecule has 6 nitrogen and oxygen atoms in total. The van der Waals surface area contributed by atoms with Gasteiger partial charge in [0.1, 0.15) is 6.54 Å². The Balaban J connectivity index is 2.44. The van der Waals surface area contributed by atoms with E-state index in [1.54, 1.807) is 18.2 Å². The molecule has 0 aromatic heterocycles. The number of amides is 2. The van der Waals surface area contributed by atoms with Crippen LogP contribution < -0.4 is 0 Å². The lowest BCUT2D eigenvalue weighted by Gasteiger charge is -2.31. The van der Waals surface area contributed by atoms with Gasteiger partial charge in [-0.1, -0.05) is 48.1 Å². The van der Waals surface area contributed by atoms with Crippen molar-refractivity contribution in [1.82, 2.24) is 9.91 Å². The van der Waals surface area contributed by atoms with Gasteiger partial charge in [0.15, 0.2) is 11.9 Å². The first-order chi connectivity index (χ1) is 11.5. The first-order valence-electron chi connectivity index (χ1n) is 7.32. The van der Waals surface area contributed by atoms with Gasteiger partial charge in [0.05, 0.1) is 0 Å². The van der Waals surface area contributed by atoms with Gasteiger partial charge in [0.25, 0.3) is 5.91 Å². The maximum atomic E-state index is 12.2. The van der Waals surface area contributed by atoms with Crippen molar-refractivity contribution in [2.45, 2.75) is 19.8 Å². The molecule has 24 heavy (non-hydrogen) atoms. The van der Waals surface area contributed by atoms with E-state index in [0.717, 1.165) is 17.7 Å². The summed E-state index contributed by atoms with van der Waals surface area (Å²) in [7, 11) is 0. The number of ether oxygens (including phenoxy) is 1. The molecule has 0 bridgehead atoms. The van der Waals surface area contributed by atoms with Crippen molar-refractivity contribution in [3.8, 4) is 0 Å². The second-order valence-corrected chi connectivity index (χ2v) is 6.15. The normalized spacial score (nSPS) is 14.7. The summed E-state index contributed by atoms with van der Waals surface area (Å²) >= 11 is 17.5. The fourth-order valence-corrected chi connectivity index (χ4v) is 2.79. The van der Waals surface area contributed by atoms with Crippen molar-refractivity contribution in [1.29, 1.82) is 0 Å². The molecule has 1 aliphatic heterocycles. The summed E-state index contributed by atoms with van der Waals surface area (Å²) in [5.74, 6) is -0.0583. The van der Waals surface area contributed by atoms with Crippen molar-refractivity contribution < 1.29 is 14.3 Å². The standard InChI is InChI=1S/C15H16Cl3N3O3/c1-2-3-4-21-13(22)8-20(15(23)24-9-16)14(19-21)10-5-11(17)7-12(18)6-10/h5-7H,2-4,8-9H2,1H3. The summed E-state index contributed by atoms with van der Waals surface area (Å²) in [5, 5.41) is 6.43. The molecule has 1 aromatic carbocycles. The molecule has 0 fully saturated rings. The Morgan fingerprint density at radius 1 is 1.29 bits per heavy atom. The lowest BCUT2D eigenvalue weighted by Crippen LogP contribution is -2.50. The molecule has 2 amide bonds. The molecule has 0 saturated heterocycles. The lowest BCUT2D eigenvalue weighted by molar-refractivity contribution is -0.132. The van der Waals surface area contributed by atoms with Crippen molar-refractivity contribution in [2.24, 2.45) is 5.10 Å². The Labute approximate surface area is 154 Å². The quantitative estimate of drug-likeness (QED) is 0.713. The van der Waals surface area contributed by atoms with E-state index in [1.165, 1.54) is 5.01 Å². The van der Waals surface area contributed by atoms with Gasteiger partial charge >= 0.3 is 6.09 Å². The van der Waals surface area contributed by atoms with E-state index in [-0.39, 0.29) is 24.4 Å². The third-order valence-electron chi connectivity index (χ3n) is 3.30. The summed E-state index contributed by atoms with van der Waals surface area (Å²) < 4.78 is 4.79. The summed E-state index contributed by atoms with van der Waals surface area (Å²) in [6, 6.07) is 4.46. The van der Waals surface area contributed by atoms with E-state index >= 15 is 0 Å². The van der Waals surface area contributed by atoms with Gasteiger partial charge in [-0.15, -0.1) is 0 Å². The van der Waals surface area contributed by atoms with Crippen molar-refractivity contribution in [3.05, 3.63) is 33.8 Å². The average Bonchev–Trinajstić information content (AvgIpc) is 2.52. The van der Waals surface area contributed by atoms with E-state index < -0.39 is 6.09 Å². The zero-order valence-corrected chi connectivity index (χ0v) is 15.2. The molecule has 0 unspecified atom stereocenters. The van der Waals surface area contributed by atoms with Gasteiger partial charge in [-0.25, -0.2) is 9.80 Å². The number of hydrazone groups is 1. The van der Waals surface area contributed by atoms with Crippen LogP contribution in [0, 0.1) is 0 Å². The SMILES string of the molecule is CCCCN1N=C(c2cc(Cl)cc(Cl)c2)N(C(=O)OCCl)CC1=O. The van der Waals surface area contributed by atoms with Crippen LogP contribution in [-0.2, 0) is 9.53 Å². The van der Waals surface area contributed by atoms with E-state index in [9.17, 15) is 9.59 Å². The summed E-state index contributed by atoms with van der Waals surface area (Å²) in [4.78, 5) is 25.5. The highest BCUT2D eigenvalue weighted by molar-refractivity contribution is 6.35. The number of carbonyl (C=O) groups is 2. The van der Waals surface area contributed by atoms with E-state index in [2.05, 4.69) is 5.10 Å². The molecule has 0 aliphatic carbocycles. The minimum atomic E-state index is -0.761. The van der Waals surface area contributed by atoms with E-state index in [0.29, 0.717) is 22.2 Å². The number of benzene rings is 1. The lowest BCUT2D eigenvalue weighted by atomic mass is 10.2. The molecule has 1 aromatic rings. The number of unbranched alkanes of at least 4 members (excludes halogenated alkanes) is 1. The van der Waals surface area contributed by atoms with Crippen molar-refractivity contribution >= 4 is 52.6 Å². The molecular weight excluding hydrogens is 377 g/mol. The number of rotatable bonds is 5. The molecule has 0 saturated carbocycles. The van der Waals surface area contributed by atoms with Crippen LogP contribution in [0.5, 0.6) is 0 Å². The largest absolute Gasteiger partial charge is 0.433 e. The van der Waals surface area contributed by atoms with Gasteiger partial charge < -0.3 is 4.74 Å². The number of amidine groups is 1. The number of hydrogen-bond acceptors (Lipinski definition) is 4. The molecule has 0 spiro atoms. The predicted molar refractivity (Wildman–Crippen MR) is 93.5 cm³/mol. The summed E-state index contributed by atoms with van der Waals surface area (Å²) in [5.41, 5.74) is 0.507. The fourth-order valence-electron chi connectivity index (χ4n) is 2.17. The number of halogens is 3. The Morgan fingerprint density at radius 3 is 2.54 bits per heavy atom. The first kappa shape index (κ1) is 18.8. The maximum absolute atomic E-state index is 12.2. The highest BCUT2D eigenvalue weighted by Crippen LogP contribution is 2.23. The van der Waals surface area contributed by atoms with Crippen LogP contribution in [-0.4, -0.2) is 46.9 Å². The minimum Gasteiger partial charge on any atom is -0.433 e. The molecule has 0 atom stereocenters. The number of nitrogens with zero attached hydrogens (tertiary/aromatic N) is 3. The Bertz CT molecular complexity index is 646. The molecule has 0 N–H and O–H groups in total. The van der Waals surface area contributed by atoms with Crippen LogP contribution in [0.4, 0.5) is 4.79 Å². The summed E-state index contributed by atoms with van der Waals surface area (Å²) in [6.45, 7) is 2.29. The third-order valence-corrected chi connectivity index (χ3v) is 3.84. The number of alkyl halides is 1. The molecule has 9 heteroatoms. The number of hydrogen-bond donors (Lipinski definition) is 0. The highest BCUT2D eigenvalue weighted by atomic mass is 35.5.